The Balaban J connectivity index is 2.24. The van der Waals surface area contributed by atoms with Crippen molar-refractivity contribution in [3.05, 3.63) is 0 Å². The van der Waals surface area contributed by atoms with Crippen molar-refractivity contribution in [3.8, 4) is 0 Å². The summed E-state index contributed by atoms with van der Waals surface area (Å²) in [5.41, 5.74) is 0. The van der Waals surface area contributed by atoms with E-state index in [1.54, 1.807) is 0 Å². The Labute approximate surface area is 85.3 Å². The second-order valence-corrected chi connectivity index (χ2v) is 3.92. The summed E-state index contributed by atoms with van der Waals surface area (Å²) in [5, 5.41) is 12.1. The number of carbonyl (C=O) groups is 1. The molecule has 1 fully saturated rings. The molecule has 0 radical (unpaired) electrons. The topological polar surface area (TPSA) is 52.6 Å². The average Bonchev–Trinajstić information content (AvgIpc) is 2.14. The fourth-order valence-corrected chi connectivity index (χ4v) is 1.91. The molecule has 1 unspecified atom stereocenters. The number of nitrogens with zero attached hydrogens (tertiary/aromatic N) is 1. The van der Waals surface area contributed by atoms with Crippen molar-refractivity contribution in [2.45, 2.75) is 32.2 Å². The third-order valence-electron chi connectivity index (χ3n) is 2.55. The van der Waals surface area contributed by atoms with Crippen LogP contribution >= 0.6 is 0 Å². The minimum absolute atomic E-state index is 0.185. The Kier molecular flexibility index (Phi) is 4.90. The van der Waals surface area contributed by atoms with Gasteiger partial charge in [0.25, 0.3) is 0 Å². The number of piperidine rings is 1. The van der Waals surface area contributed by atoms with E-state index in [0.29, 0.717) is 6.04 Å². The molecule has 4 heteroatoms. The molecule has 1 saturated heterocycles. The van der Waals surface area contributed by atoms with E-state index >= 15 is 0 Å². The predicted octanol–water partition coefficient (Wildman–Crippen LogP) is 0.535. The number of nitrogens with one attached hydrogen (secondary N) is 1. The Morgan fingerprint density at radius 2 is 2.43 bits per heavy atom. The number of carboxylic acids is 1. The first-order valence-corrected chi connectivity index (χ1v) is 5.40. The molecule has 1 aliphatic heterocycles. The van der Waals surface area contributed by atoms with Crippen molar-refractivity contribution in [2.24, 2.45) is 0 Å². The predicted molar refractivity (Wildman–Crippen MR) is 55.4 cm³/mol. The van der Waals surface area contributed by atoms with E-state index in [2.05, 4.69) is 12.2 Å². The summed E-state index contributed by atoms with van der Waals surface area (Å²) in [6.45, 7) is 5.17. The Bertz CT molecular complexity index is 185. The van der Waals surface area contributed by atoms with Gasteiger partial charge in [-0.1, -0.05) is 6.92 Å². The summed E-state index contributed by atoms with van der Waals surface area (Å²) < 4.78 is 0. The number of aliphatic carboxylic acids is 1. The molecule has 2 N–H and O–H groups in total. The Morgan fingerprint density at radius 3 is 3.07 bits per heavy atom. The lowest BCUT2D eigenvalue weighted by molar-refractivity contribution is -0.138. The van der Waals surface area contributed by atoms with Crippen molar-refractivity contribution in [1.29, 1.82) is 0 Å². The molecular formula is C10H20N2O2. The molecule has 0 aromatic heterocycles. The maximum atomic E-state index is 10.5. The summed E-state index contributed by atoms with van der Waals surface area (Å²) in [4.78, 5) is 12.5. The van der Waals surface area contributed by atoms with Crippen LogP contribution in [-0.4, -0.2) is 48.2 Å². The molecular weight excluding hydrogens is 180 g/mol. The number of hydrogen-bond acceptors (Lipinski definition) is 3. The van der Waals surface area contributed by atoms with E-state index in [0.717, 1.165) is 32.5 Å². The third kappa shape index (κ3) is 4.07. The Hall–Kier alpha value is -0.610. The molecule has 1 rings (SSSR count). The van der Waals surface area contributed by atoms with Gasteiger partial charge in [0.2, 0.25) is 0 Å². The lowest BCUT2D eigenvalue weighted by Crippen LogP contribution is -2.47. The van der Waals surface area contributed by atoms with Crippen LogP contribution in [0.15, 0.2) is 0 Å². The van der Waals surface area contributed by atoms with Crippen molar-refractivity contribution in [2.75, 3.05) is 26.2 Å². The maximum Gasteiger partial charge on any atom is 0.317 e. The SMILES string of the molecule is CCCNC1CCCN(CC(=O)O)C1. The van der Waals surface area contributed by atoms with E-state index in [1.165, 1.54) is 6.42 Å². The van der Waals surface area contributed by atoms with Gasteiger partial charge in [0, 0.05) is 12.6 Å². The van der Waals surface area contributed by atoms with Gasteiger partial charge >= 0.3 is 5.97 Å². The molecule has 0 spiro atoms. The van der Waals surface area contributed by atoms with Gasteiger partial charge in [-0.05, 0) is 32.4 Å². The fraction of sp³-hybridized carbons (Fsp3) is 0.900. The largest absolute Gasteiger partial charge is 0.480 e. The molecule has 1 heterocycles. The summed E-state index contributed by atoms with van der Waals surface area (Å²) in [5.74, 6) is -0.721. The highest BCUT2D eigenvalue weighted by molar-refractivity contribution is 5.69. The van der Waals surface area contributed by atoms with Gasteiger partial charge in [0.1, 0.15) is 0 Å². The van der Waals surface area contributed by atoms with Crippen LogP contribution in [0.4, 0.5) is 0 Å². The van der Waals surface area contributed by atoms with E-state index in [9.17, 15) is 4.79 Å². The van der Waals surface area contributed by atoms with Gasteiger partial charge in [-0.15, -0.1) is 0 Å². The second kappa shape index (κ2) is 5.98. The molecule has 0 bridgehead atoms. The molecule has 0 aromatic carbocycles. The van der Waals surface area contributed by atoms with Gasteiger partial charge in [0.05, 0.1) is 6.54 Å². The smallest absolute Gasteiger partial charge is 0.317 e. The highest BCUT2D eigenvalue weighted by Gasteiger charge is 2.20. The zero-order valence-corrected chi connectivity index (χ0v) is 8.83. The molecule has 0 aliphatic carbocycles. The number of hydrogen-bond donors (Lipinski definition) is 2. The first-order chi connectivity index (χ1) is 6.72. The Morgan fingerprint density at radius 1 is 1.64 bits per heavy atom. The van der Waals surface area contributed by atoms with Crippen LogP contribution in [0, 0.1) is 0 Å². The van der Waals surface area contributed by atoms with Gasteiger partial charge in [-0.2, -0.15) is 0 Å². The van der Waals surface area contributed by atoms with E-state index in [4.69, 9.17) is 5.11 Å². The molecule has 0 aromatic rings. The van der Waals surface area contributed by atoms with E-state index in [1.807, 2.05) is 4.90 Å². The molecule has 0 amide bonds. The highest BCUT2D eigenvalue weighted by Crippen LogP contribution is 2.09. The monoisotopic (exact) mass is 200 g/mol. The van der Waals surface area contributed by atoms with E-state index in [-0.39, 0.29) is 6.54 Å². The van der Waals surface area contributed by atoms with Gasteiger partial charge in [-0.25, -0.2) is 0 Å². The van der Waals surface area contributed by atoms with Gasteiger partial charge in [0.15, 0.2) is 0 Å². The zero-order valence-electron chi connectivity index (χ0n) is 8.83. The van der Waals surface area contributed by atoms with Crippen molar-refractivity contribution >= 4 is 5.97 Å². The molecule has 4 nitrogen and oxygen atoms in total. The third-order valence-corrected chi connectivity index (χ3v) is 2.55. The van der Waals surface area contributed by atoms with Crippen molar-refractivity contribution in [1.82, 2.24) is 10.2 Å². The summed E-state index contributed by atoms with van der Waals surface area (Å²) in [6, 6.07) is 0.489. The maximum absolute atomic E-state index is 10.5. The molecule has 1 atom stereocenters. The summed E-state index contributed by atoms with van der Waals surface area (Å²) >= 11 is 0. The normalized spacial score (nSPS) is 23.6. The number of rotatable bonds is 5. The number of likely N-dealkylation sites (tertiary alicyclic amines) is 1. The first kappa shape index (κ1) is 11.5. The van der Waals surface area contributed by atoms with Crippen LogP contribution in [0.1, 0.15) is 26.2 Å². The van der Waals surface area contributed by atoms with Crippen LogP contribution in [0.25, 0.3) is 0 Å². The highest BCUT2D eigenvalue weighted by atomic mass is 16.4. The second-order valence-electron chi connectivity index (χ2n) is 3.92. The molecule has 0 saturated carbocycles. The standard InChI is InChI=1S/C10H20N2O2/c1-2-5-11-9-4-3-6-12(7-9)8-10(13)14/h9,11H,2-8H2,1H3,(H,13,14). The van der Waals surface area contributed by atoms with Gasteiger partial charge < -0.3 is 10.4 Å². The van der Waals surface area contributed by atoms with Crippen LogP contribution in [0.2, 0.25) is 0 Å². The van der Waals surface area contributed by atoms with Crippen LogP contribution in [0.3, 0.4) is 0 Å². The van der Waals surface area contributed by atoms with Crippen molar-refractivity contribution in [3.63, 3.8) is 0 Å². The van der Waals surface area contributed by atoms with E-state index < -0.39 is 5.97 Å². The van der Waals surface area contributed by atoms with Crippen LogP contribution in [-0.2, 0) is 4.79 Å². The minimum Gasteiger partial charge on any atom is -0.480 e. The van der Waals surface area contributed by atoms with Gasteiger partial charge in [-0.3, -0.25) is 9.69 Å². The zero-order chi connectivity index (χ0) is 10.4. The van der Waals surface area contributed by atoms with Crippen LogP contribution < -0.4 is 5.32 Å². The first-order valence-electron chi connectivity index (χ1n) is 5.40. The summed E-state index contributed by atoms with van der Waals surface area (Å²) in [7, 11) is 0. The molecule has 1 aliphatic rings. The lowest BCUT2D eigenvalue weighted by Gasteiger charge is -2.32. The quantitative estimate of drug-likeness (QED) is 0.680. The average molecular weight is 200 g/mol. The molecule has 14 heavy (non-hydrogen) atoms. The lowest BCUT2D eigenvalue weighted by atomic mass is 10.1. The minimum atomic E-state index is -0.721. The fourth-order valence-electron chi connectivity index (χ4n) is 1.91. The van der Waals surface area contributed by atoms with Crippen molar-refractivity contribution < 1.29 is 9.90 Å². The summed E-state index contributed by atoms with van der Waals surface area (Å²) in [6.07, 6.45) is 3.42. The number of carboxylic acid groups (broad SMARTS) is 1. The van der Waals surface area contributed by atoms with Crippen LogP contribution in [0.5, 0.6) is 0 Å². The molecule has 82 valence electrons.